The van der Waals surface area contributed by atoms with Crippen molar-refractivity contribution in [1.82, 2.24) is 0 Å². The van der Waals surface area contributed by atoms with Gasteiger partial charge in [0.25, 0.3) is 5.91 Å². The van der Waals surface area contributed by atoms with E-state index in [0.29, 0.717) is 28.4 Å². The number of halogens is 1. The SMILES string of the molecule is CCOC(=O)c1ccc(C)c(NC(=O)c2ccc(Cl)cc2)c1. The molecule has 0 aliphatic heterocycles. The molecule has 1 N–H and O–H groups in total. The molecular formula is C17H16ClNO3. The maximum absolute atomic E-state index is 12.2. The summed E-state index contributed by atoms with van der Waals surface area (Å²) in [6, 6.07) is 11.6. The molecular weight excluding hydrogens is 302 g/mol. The number of rotatable bonds is 4. The van der Waals surface area contributed by atoms with Gasteiger partial charge in [0.15, 0.2) is 0 Å². The molecule has 0 saturated carbocycles. The van der Waals surface area contributed by atoms with E-state index in [0.717, 1.165) is 5.56 Å². The van der Waals surface area contributed by atoms with E-state index in [4.69, 9.17) is 16.3 Å². The van der Waals surface area contributed by atoms with Gasteiger partial charge in [0.1, 0.15) is 0 Å². The first-order valence-corrected chi connectivity index (χ1v) is 7.23. The van der Waals surface area contributed by atoms with Gasteiger partial charge in [-0.2, -0.15) is 0 Å². The first-order valence-electron chi connectivity index (χ1n) is 6.86. The quantitative estimate of drug-likeness (QED) is 0.864. The van der Waals surface area contributed by atoms with Gasteiger partial charge in [-0.1, -0.05) is 17.7 Å². The number of ether oxygens (including phenoxy) is 1. The van der Waals surface area contributed by atoms with Gasteiger partial charge in [0, 0.05) is 16.3 Å². The Hall–Kier alpha value is -2.33. The Labute approximate surface area is 134 Å². The van der Waals surface area contributed by atoms with Gasteiger partial charge in [-0.05, 0) is 55.8 Å². The first kappa shape index (κ1) is 16.0. The fourth-order valence-corrected chi connectivity index (χ4v) is 2.02. The molecule has 0 saturated heterocycles. The second-order valence-electron chi connectivity index (χ2n) is 4.71. The van der Waals surface area contributed by atoms with Crippen molar-refractivity contribution in [2.24, 2.45) is 0 Å². The lowest BCUT2D eigenvalue weighted by molar-refractivity contribution is 0.0526. The minimum atomic E-state index is -0.413. The van der Waals surface area contributed by atoms with E-state index < -0.39 is 5.97 Å². The zero-order chi connectivity index (χ0) is 16.1. The van der Waals surface area contributed by atoms with Crippen molar-refractivity contribution in [2.45, 2.75) is 13.8 Å². The number of amides is 1. The Bertz CT molecular complexity index is 696. The van der Waals surface area contributed by atoms with Crippen molar-refractivity contribution in [3.05, 3.63) is 64.2 Å². The number of carbonyl (C=O) groups excluding carboxylic acids is 2. The number of aryl methyl sites for hydroxylation is 1. The van der Waals surface area contributed by atoms with E-state index in [2.05, 4.69) is 5.32 Å². The number of anilines is 1. The molecule has 0 heterocycles. The van der Waals surface area contributed by atoms with E-state index in [1.54, 1.807) is 49.4 Å². The Morgan fingerprint density at radius 3 is 2.36 bits per heavy atom. The van der Waals surface area contributed by atoms with Crippen LogP contribution in [0.25, 0.3) is 0 Å². The molecule has 4 nitrogen and oxygen atoms in total. The molecule has 0 radical (unpaired) electrons. The van der Waals surface area contributed by atoms with Crippen LogP contribution in [0.3, 0.4) is 0 Å². The van der Waals surface area contributed by atoms with Gasteiger partial charge in [0.05, 0.1) is 12.2 Å². The summed E-state index contributed by atoms with van der Waals surface area (Å²) in [5, 5.41) is 3.36. The lowest BCUT2D eigenvalue weighted by atomic mass is 10.1. The highest BCUT2D eigenvalue weighted by molar-refractivity contribution is 6.30. The van der Waals surface area contributed by atoms with Crippen LogP contribution in [0.4, 0.5) is 5.69 Å². The minimum absolute atomic E-state index is 0.263. The third-order valence-corrected chi connectivity index (χ3v) is 3.36. The number of hydrogen-bond acceptors (Lipinski definition) is 3. The number of benzene rings is 2. The van der Waals surface area contributed by atoms with Gasteiger partial charge in [0.2, 0.25) is 0 Å². The molecule has 2 aromatic carbocycles. The molecule has 0 bridgehead atoms. The summed E-state index contributed by atoms with van der Waals surface area (Å²) < 4.78 is 4.96. The zero-order valence-corrected chi connectivity index (χ0v) is 13.1. The van der Waals surface area contributed by atoms with Gasteiger partial charge in [-0.15, -0.1) is 0 Å². The molecule has 22 heavy (non-hydrogen) atoms. The van der Waals surface area contributed by atoms with Crippen LogP contribution in [0, 0.1) is 6.92 Å². The van der Waals surface area contributed by atoms with Crippen molar-refractivity contribution in [3.8, 4) is 0 Å². The van der Waals surface area contributed by atoms with Crippen LogP contribution in [0.15, 0.2) is 42.5 Å². The largest absolute Gasteiger partial charge is 0.462 e. The van der Waals surface area contributed by atoms with Crippen molar-refractivity contribution in [1.29, 1.82) is 0 Å². The third-order valence-electron chi connectivity index (χ3n) is 3.10. The molecule has 0 atom stereocenters. The zero-order valence-electron chi connectivity index (χ0n) is 12.4. The van der Waals surface area contributed by atoms with Crippen molar-refractivity contribution in [2.75, 3.05) is 11.9 Å². The second-order valence-corrected chi connectivity index (χ2v) is 5.15. The molecule has 0 aliphatic carbocycles. The third kappa shape index (κ3) is 3.86. The van der Waals surface area contributed by atoms with E-state index in [9.17, 15) is 9.59 Å². The average Bonchev–Trinajstić information content (AvgIpc) is 2.50. The van der Waals surface area contributed by atoms with Crippen molar-refractivity contribution in [3.63, 3.8) is 0 Å². The Kier molecular flexibility index (Phi) is 5.17. The predicted octanol–water partition coefficient (Wildman–Crippen LogP) is 4.08. The molecule has 2 rings (SSSR count). The molecule has 0 fully saturated rings. The fraction of sp³-hybridized carbons (Fsp3) is 0.176. The maximum atomic E-state index is 12.2. The molecule has 114 valence electrons. The summed E-state index contributed by atoms with van der Waals surface area (Å²) in [5.74, 6) is -0.676. The molecule has 2 aromatic rings. The molecule has 1 amide bonds. The summed E-state index contributed by atoms with van der Waals surface area (Å²) in [4.78, 5) is 24.0. The highest BCUT2D eigenvalue weighted by Gasteiger charge is 2.12. The maximum Gasteiger partial charge on any atom is 0.338 e. The smallest absolute Gasteiger partial charge is 0.338 e. The Morgan fingerprint density at radius 2 is 1.73 bits per heavy atom. The van der Waals surface area contributed by atoms with Gasteiger partial charge in [-0.25, -0.2) is 4.79 Å². The Morgan fingerprint density at radius 1 is 1.09 bits per heavy atom. The monoisotopic (exact) mass is 317 g/mol. The highest BCUT2D eigenvalue weighted by atomic mass is 35.5. The molecule has 0 spiro atoms. The van der Waals surface area contributed by atoms with Crippen LogP contribution >= 0.6 is 11.6 Å². The van der Waals surface area contributed by atoms with Gasteiger partial charge in [-0.3, -0.25) is 4.79 Å². The topological polar surface area (TPSA) is 55.4 Å². The standard InChI is InChI=1S/C17H16ClNO3/c1-3-22-17(21)13-5-4-11(2)15(10-13)19-16(20)12-6-8-14(18)9-7-12/h4-10H,3H2,1-2H3,(H,19,20). The van der Waals surface area contributed by atoms with E-state index in [1.807, 2.05) is 6.92 Å². The van der Waals surface area contributed by atoms with Crippen LogP contribution in [-0.4, -0.2) is 18.5 Å². The number of hydrogen-bond donors (Lipinski definition) is 1. The van der Waals surface area contributed by atoms with Gasteiger partial charge >= 0.3 is 5.97 Å². The molecule has 0 aliphatic rings. The van der Waals surface area contributed by atoms with Crippen LogP contribution in [-0.2, 0) is 4.74 Å². The minimum Gasteiger partial charge on any atom is -0.462 e. The molecule has 0 unspecified atom stereocenters. The average molecular weight is 318 g/mol. The van der Waals surface area contributed by atoms with Crippen molar-refractivity contribution < 1.29 is 14.3 Å². The number of nitrogens with one attached hydrogen (secondary N) is 1. The van der Waals surface area contributed by atoms with E-state index in [-0.39, 0.29) is 5.91 Å². The summed E-state index contributed by atoms with van der Waals surface area (Å²) in [6.45, 7) is 3.90. The summed E-state index contributed by atoms with van der Waals surface area (Å²) in [5.41, 5.74) is 2.32. The number of esters is 1. The van der Waals surface area contributed by atoms with Gasteiger partial charge < -0.3 is 10.1 Å². The summed E-state index contributed by atoms with van der Waals surface area (Å²) in [6.07, 6.45) is 0. The predicted molar refractivity (Wildman–Crippen MR) is 86.5 cm³/mol. The Balaban J connectivity index is 2.21. The first-order chi connectivity index (χ1) is 10.5. The molecule has 0 aromatic heterocycles. The fourth-order valence-electron chi connectivity index (χ4n) is 1.89. The van der Waals surface area contributed by atoms with Crippen LogP contribution < -0.4 is 5.32 Å². The normalized spacial score (nSPS) is 10.1. The molecule has 5 heteroatoms. The summed E-state index contributed by atoms with van der Waals surface area (Å²) in [7, 11) is 0. The highest BCUT2D eigenvalue weighted by Crippen LogP contribution is 2.19. The van der Waals surface area contributed by atoms with E-state index >= 15 is 0 Å². The van der Waals surface area contributed by atoms with Crippen LogP contribution in [0.5, 0.6) is 0 Å². The lowest BCUT2D eigenvalue weighted by Crippen LogP contribution is -2.13. The second kappa shape index (κ2) is 7.09. The lowest BCUT2D eigenvalue weighted by Gasteiger charge is -2.10. The van der Waals surface area contributed by atoms with Crippen LogP contribution in [0.2, 0.25) is 5.02 Å². The van der Waals surface area contributed by atoms with Crippen LogP contribution in [0.1, 0.15) is 33.2 Å². The summed E-state index contributed by atoms with van der Waals surface area (Å²) >= 11 is 5.80. The van der Waals surface area contributed by atoms with E-state index in [1.165, 1.54) is 0 Å². The number of carbonyl (C=O) groups is 2. The van der Waals surface area contributed by atoms with Crippen molar-refractivity contribution >= 4 is 29.2 Å².